The molecule has 1 aromatic carbocycles. The van der Waals surface area contributed by atoms with E-state index in [4.69, 9.17) is 11.6 Å². The topological polar surface area (TPSA) is 17.1 Å². The lowest BCUT2D eigenvalue weighted by Crippen LogP contribution is -2.03. The van der Waals surface area contributed by atoms with Gasteiger partial charge in [-0.1, -0.05) is 45.0 Å². The smallest absolute Gasteiger partial charge is 0.228 e. The average molecular weight is 213 g/mol. The van der Waals surface area contributed by atoms with Gasteiger partial charge < -0.3 is 0 Å². The molecule has 1 atom stereocenters. The molecule has 0 aliphatic heterocycles. The van der Waals surface area contributed by atoms with Gasteiger partial charge >= 0.3 is 0 Å². The minimum atomic E-state index is -0.302. The predicted octanol–water partition coefficient (Wildman–Crippen LogP) is 3.89. The van der Waals surface area contributed by atoms with E-state index >= 15 is 0 Å². The molecule has 1 aromatic rings. The van der Waals surface area contributed by atoms with Crippen molar-refractivity contribution in [2.45, 2.75) is 33.6 Å². The Balaban J connectivity index is 0.000000791. The summed E-state index contributed by atoms with van der Waals surface area (Å²) in [5.41, 5.74) is 2.12. The van der Waals surface area contributed by atoms with Crippen molar-refractivity contribution in [3.8, 4) is 0 Å². The zero-order valence-corrected chi connectivity index (χ0v) is 9.93. The molecule has 1 rings (SSSR count). The molecule has 0 saturated carbocycles. The Morgan fingerprint density at radius 3 is 2.21 bits per heavy atom. The van der Waals surface area contributed by atoms with Crippen LogP contribution in [0.4, 0.5) is 0 Å². The largest absolute Gasteiger partial charge is 0.281 e. The van der Waals surface area contributed by atoms with Crippen LogP contribution in [0.1, 0.15) is 37.8 Å². The van der Waals surface area contributed by atoms with E-state index in [-0.39, 0.29) is 11.2 Å². The van der Waals surface area contributed by atoms with Gasteiger partial charge in [-0.15, -0.1) is 0 Å². The number of benzene rings is 1. The van der Waals surface area contributed by atoms with Crippen LogP contribution in [0, 0.1) is 6.92 Å². The van der Waals surface area contributed by atoms with Gasteiger partial charge in [0.15, 0.2) is 0 Å². The lowest BCUT2D eigenvalue weighted by atomic mass is 9.98. The van der Waals surface area contributed by atoms with Crippen LogP contribution in [0.15, 0.2) is 24.3 Å². The predicted molar refractivity (Wildman–Crippen MR) is 61.8 cm³/mol. The van der Waals surface area contributed by atoms with Gasteiger partial charge in [-0.25, -0.2) is 0 Å². The van der Waals surface area contributed by atoms with Crippen molar-refractivity contribution in [3.05, 3.63) is 35.4 Å². The van der Waals surface area contributed by atoms with Gasteiger partial charge in [-0.05, 0) is 29.7 Å². The highest BCUT2D eigenvalue weighted by atomic mass is 35.5. The Morgan fingerprint density at radius 1 is 1.29 bits per heavy atom. The fraction of sp³-hybridized carbons (Fsp3) is 0.417. The number of rotatable bonds is 2. The number of halogens is 1. The lowest BCUT2D eigenvalue weighted by molar-refractivity contribution is -0.112. The van der Waals surface area contributed by atoms with Crippen LogP contribution in [0.5, 0.6) is 0 Å². The number of aryl methyl sites for hydroxylation is 1. The van der Waals surface area contributed by atoms with E-state index < -0.39 is 0 Å². The van der Waals surface area contributed by atoms with Crippen molar-refractivity contribution in [3.63, 3.8) is 0 Å². The van der Waals surface area contributed by atoms with E-state index in [1.165, 1.54) is 0 Å². The first-order valence-corrected chi connectivity index (χ1v) is 5.25. The van der Waals surface area contributed by atoms with Crippen LogP contribution in [-0.4, -0.2) is 5.24 Å². The van der Waals surface area contributed by atoms with Crippen LogP contribution < -0.4 is 0 Å². The Morgan fingerprint density at radius 2 is 1.79 bits per heavy atom. The van der Waals surface area contributed by atoms with Crippen LogP contribution in [0.2, 0.25) is 0 Å². The van der Waals surface area contributed by atoms with E-state index in [2.05, 4.69) is 0 Å². The normalized spacial score (nSPS) is 11.2. The van der Waals surface area contributed by atoms with Crippen LogP contribution in [0.3, 0.4) is 0 Å². The number of carbonyl (C=O) groups is 1. The second-order valence-electron chi connectivity index (χ2n) is 2.88. The average Bonchev–Trinajstić information content (AvgIpc) is 2.20. The van der Waals surface area contributed by atoms with Crippen molar-refractivity contribution in [1.82, 2.24) is 0 Å². The summed E-state index contributed by atoms with van der Waals surface area (Å²) in [7, 11) is 0. The van der Waals surface area contributed by atoms with Gasteiger partial charge in [0.1, 0.15) is 0 Å². The third kappa shape index (κ3) is 3.51. The monoisotopic (exact) mass is 212 g/mol. The van der Waals surface area contributed by atoms with Gasteiger partial charge in [0.05, 0.1) is 5.92 Å². The summed E-state index contributed by atoms with van der Waals surface area (Å²) in [6, 6.07) is 7.77. The molecule has 0 fully saturated rings. The fourth-order valence-corrected chi connectivity index (χ4v) is 1.31. The SMILES string of the molecule is CC.Cc1ccccc1C(C)C(=O)Cl. The van der Waals surface area contributed by atoms with Crippen molar-refractivity contribution < 1.29 is 4.79 Å². The van der Waals surface area contributed by atoms with E-state index in [0.717, 1.165) is 11.1 Å². The Kier molecular flexibility index (Phi) is 6.22. The quantitative estimate of drug-likeness (QED) is 0.680. The van der Waals surface area contributed by atoms with Gasteiger partial charge in [0.25, 0.3) is 0 Å². The maximum absolute atomic E-state index is 10.9. The maximum Gasteiger partial charge on any atom is 0.228 e. The van der Waals surface area contributed by atoms with Crippen molar-refractivity contribution >= 4 is 16.8 Å². The highest BCUT2D eigenvalue weighted by molar-refractivity contribution is 6.64. The number of hydrogen-bond acceptors (Lipinski definition) is 1. The van der Waals surface area contributed by atoms with Crippen LogP contribution in [-0.2, 0) is 4.79 Å². The second kappa shape index (κ2) is 6.61. The molecular weight excluding hydrogens is 196 g/mol. The molecule has 0 bridgehead atoms. The third-order valence-electron chi connectivity index (χ3n) is 2.00. The van der Waals surface area contributed by atoms with Crippen molar-refractivity contribution in [2.75, 3.05) is 0 Å². The molecule has 0 spiro atoms. The highest BCUT2D eigenvalue weighted by Crippen LogP contribution is 2.20. The van der Waals surface area contributed by atoms with Gasteiger partial charge in [0.2, 0.25) is 5.24 Å². The molecule has 0 aliphatic carbocycles. The van der Waals surface area contributed by atoms with E-state index in [1.54, 1.807) is 0 Å². The summed E-state index contributed by atoms with van der Waals surface area (Å²) >= 11 is 5.40. The van der Waals surface area contributed by atoms with E-state index in [1.807, 2.05) is 52.0 Å². The van der Waals surface area contributed by atoms with Gasteiger partial charge in [-0.3, -0.25) is 4.79 Å². The molecule has 1 unspecified atom stereocenters. The van der Waals surface area contributed by atoms with Crippen LogP contribution in [0.25, 0.3) is 0 Å². The fourth-order valence-electron chi connectivity index (χ4n) is 1.19. The third-order valence-corrected chi connectivity index (χ3v) is 2.32. The Hall–Kier alpha value is -0.820. The molecule has 2 heteroatoms. The molecule has 1 nitrogen and oxygen atoms in total. The molecule has 0 saturated heterocycles. The zero-order chi connectivity index (χ0) is 11.1. The second-order valence-corrected chi connectivity index (χ2v) is 3.25. The van der Waals surface area contributed by atoms with Gasteiger partial charge in [-0.2, -0.15) is 0 Å². The lowest BCUT2D eigenvalue weighted by Gasteiger charge is -2.08. The van der Waals surface area contributed by atoms with E-state index in [9.17, 15) is 4.79 Å². The summed E-state index contributed by atoms with van der Waals surface area (Å²) in [5, 5.41) is -0.302. The first-order chi connectivity index (χ1) is 6.63. The summed E-state index contributed by atoms with van der Waals surface area (Å²) in [5.74, 6) is -0.201. The molecular formula is C12H17ClO. The number of carbonyl (C=O) groups excluding carboxylic acids is 1. The minimum absolute atomic E-state index is 0.201. The minimum Gasteiger partial charge on any atom is -0.281 e. The first kappa shape index (κ1) is 13.2. The van der Waals surface area contributed by atoms with E-state index in [0.29, 0.717) is 0 Å². The summed E-state index contributed by atoms with van der Waals surface area (Å²) < 4.78 is 0. The molecule has 0 aliphatic rings. The Bertz CT molecular complexity index is 294. The Labute approximate surface area is 91.1 Å². The van der Waals surface area contributed by atoms with Crippen molar-refractivity contribution in [2.24, 2.45) is 0 Å². The molecule has 0 radical (unpaired) electrons. The van der Waals surface area contributed by atoms with Crippen molar-refractivity contribution in [1.29, 1.82) is 0 Å². The molecule has 0 aromatic heterocycles. The summed E-state index contributed by atoms with van der Waals surface area (Å²) in [6.07, 6.45) is 0. The number of hydrogen-bond donors (Lipinski definition) is 0. The maximum atomic E-state index is 10.9. The standard InChI is InChI=1S/C10H11ClO.C2H6/c1-7-5-3-4-6-9(7)8(2)10(11)12;1-2/h3-6,8H,1-2H3;1-2H3. The highest BCUT2D eigenvalue weighted by Gasteiger charge is 2.13. The van der Waals surface area contributed by atoms with Gasteiger partial charge in [0, 0.05) is 0 Å². The molecule has 0 heterocycles. The molecule has 0 amide bonds. The molecule has 0 N–H and O–H groups in total. The summed E-state index contributed by atoms with van der Waals surface area (Å²) in [4.78, 5) is 10.9. The molecule has 78 valence electrons. The van der Waals surface area contributed by atoms with Crippen LogP contribution >= 0.6 is 11.6 Å². The summed E-state index contributed by atoms with van der Waals surface area (Å²) in [6.45, 7) is 7.79. The zero-order valence-electron chi connectivity index (χ0n) is 9.17. The molecule has 14 heavy (non-hydrogen) atoms. The first-order valence-electron chi connectivity index (χ1n) is 4.88.